The van der Waals surface area contributed by atoms with E-state index in [1.165, 1.54) is 37.3 Å². The van der Waals surface area contributed by atoms with Gasteiger partial charge in [-0.05, 0) is 68.7 Å². The Labute approximate surface area is 270 Å². The summed E-state index contributed by atoms with van der Waals surface area (Å²) < 4.78 is 40.3. The van der Waals surface area contributed by atoms with Crippen molar-refractivity contribution in [3.05, 3.63) is 81.8 Å². The summed E-state index contributed by atoms with van der Waals surface area (Å²) in [5, 5.41) is 3.68. The molecule has 12 heteroatoms. The van der Waals surface area contributed by atoms with Gasteiger partial charge in [-0.1, -0.05) is 60.8 Å². The Kier molecular flexibility index (Phi) is 12.3. The van der Waals surface area contributed by atoms with Gasteiger partial charge >= 0.3 is 0 Å². The van der Waals surface area contributed by atoms with Crippen LogP contribution >= 0.6 is 23.2 Å². The number of nitrogens with zero attached hydrogens (tertiary/aromatic N) is 2. The van der Waals surface area contributed by atoms with Gasteiger partial charge in [-0.2, -0.15) is 0 Å². The molecule has 1 N–H and O–H groups in total. The molecule has 3 rings (SSSR count). The predicted molar refractivity (Wildman–Crippen MR) is 174 cm³/mol. The lowest BCUT2D eigenvalue weighted by atomic mass is 10.1. The highest BCUT2D eigenvalue weighted by molar-refractivity contribution is 7.92. The summed E-state index contributed by atoms with van der Waals surface area (Å²) in [6.07, 6.45) is 0.962. The van der Waals surface area contributed by atoms with Gasteiger partial charge in [0.25, 0.3) is 10.0 Å². The van der Waals surface area contributed by atoms with Crippen molar-refractivity contribution in [2.75, 3.05) is 25.1 Å². The molecule has 0 radical (unpaired) electrons. The van der Waals surface area contributed by atoms with Crippen molar-refractivity contribution in [2.45, 2.75) is 64.1 Å². The molecular weight excluding hydrogens is 625 g/mol. The Morgan fingerprint density at radius 1 is 0.932 bits per heavy atom. The zero-order valence-electron chi connectivity index (χ0n) is 25.8. The number of hydrogen-bond acceptors (Lipinski definition) is 6. The summed E-state index contributed by atoms with van der Waals surface area (Å²) in [7, 11) is -1.45. The first-order chi connectivity index (χ1) is 20.9. The molecule has 0 fully saturated rings. The second kappa shape index (κ2) is 15.5. The summed E-state index contributed by atoms with van der Waals surface area (Å²) in [6, 6.07) is 14.8. The summed E-state index contributed by atoms with van der Waals surface area (Å²) in [6.45, 7) is 6.75. The highest BCUT2D eigenvalue weighted by Crippen LogP contribution is 2.36. The number of methoxy groups -OCH3 is 2. The van der Waals surface area contributed by atoms with Crippen LogP contribution in [0.2, 0.25) is 10.0 Å². The molecule has 0 aliphatic heterocycles. The van der Waals surface area contributed by atoms with Gasteiger partial charge in [0.05, 0.1) is 24.8 Å². The smallest absolute Gasteiger partial charge is 0.264 e. The second-order valence-corrected chi connectivity index (χ2v) is 13.1. The fourth-order valence-electron chi connectivity index (χ4n) is 4.54. The lowest BCUT2D eigenvalue weighted by molar-refractivity contribution is -0.140. The molecule has 0 saturated carbocycles. The van der Waals surface area contributed by atoms with Gasteiger partial charge in [0, 0.05) is 28.7 Å². The molecule has 3 aromatic carbocycles. The third-order valence-corrected chi connectivity index (χ3v) is 9.65. The molecule has 0 aromatic heterocycles. The molecule has 0 unspecified atom stereocenters. The lowest BCUT2D eigenvalue weighted by Gasteiger charge is -2.34. The molecule has 0 bridgehead atoms. The van der Waals surface area contributed by atoms with E-state index in [1.54, 1.807) is 49.4 Å². The number of sulfonamides is 1. The highest BCUT2D eigenvalue weighted by atomic mass is 35.5. The largest absolute Gasteiger partial charge is 0.497 e. The van der Waals surface area contributed by atoms with Crippen molar-refractivity contribution >= 4 is 50.7 Å². The van der Waals surface area contributed by atoms with Crippen LogP contribution in [-0.4, -0.2) is 58.0 Å². The standard InChI is InChI=1S/C32H39Cl2N3O6S/c1-7-22(4)35-32(39)28(8-2)36(19-23-11-12-24(33)17-27(23)34)31(38)20-37(29-18-25(42-5)13-16-30(29)43-6)44(40,41)26-14-9-21(3)10-15-26/h9-18,22,28H,7-8,19-20H2,1-6H3,(H,35,39)/t22-,28-/m1/s1. The van der Waals surface area contributed by atoms with E-state index in [4.69, 9.17) is 32.7 Å². The molecule has 0 spiro atoms. The van der Waals surface area contributed by atoms with Crippen LogP contribution in [0.25, 0.3) is 0 Å². The topological polar surface area (TPSA) is 105 Å². The number of amides is 2. The van der Waals surface area contributed by atoms with E-state index in [1.807, 2.05) is 20.8 Å². The van der Waals surface area contributed by atoms with Crippen molar-refractivity contribution in [1.82, 2.24) is 10.2 Å². The summed E-state index contributed by atoms with van der Waals surface area (Å²) >= 11 is 12.6. The number of carbonyl (C=O) groups excluding carboxylic acids is 2. The number of ether oxygens (including phenoxy) is 2. The predicted octanol–water partition coefficient (Wildman–Crippen LogP) is 6.24. The van der Waals surface area contributed by atoms with Crippen LogP contribution in [0, 0.1) is 6.92 Å². The van der Waals surface area contributed by atoms with E-state index in [0.717, 1.165) is 9.87 Å². The van der Waals surface area contributed by atoms with Crippen molar-refractivity contribution < 1.29 is 27.5 Å². The van der Waals surface area contributed by atoms with Gasteiger partial charge in [0.1, 0.15) is 24.1 Å². The number of aryl methyl sites for hydroxylation is 1. The number of hydrogen-bond donors (Lipinski definition) is 1. The van der Waals surface area contributed by atoms with Crippen molar-refractivity contribution in [3.63, 3.8) is 0 Å². The van der Waals surface area contributed by atoms with Crippen LogP contribution in [0.5, 0.6) is 11.5 Å². The molecule has 0 saturated heterocycles. The minimum Gasteiger partial charge on any atom is -0.497 e. The van der Waals surface area contributed by atoms with Crippen LogP contribution in [-0.2, 0) is 26.2 Å². The number of carbonyl (C=O) groups is 2. The zero-order chi connectivity index (χ0) is 32.6. The molecule has 0 aliphatic rings. The maximum atomic E-state index is 14.4. The molecule has 0 heterocycles. The average Bonchev–Trinajstić information content (AvgIpc) is 3.00. The van der Waals surface area contributed by atoms with Crippen LogP contribution in [0.15, 0.2) is 65.6 Å². The Balaban J connectivity index is 2.17. The van der Waals surface area contributed by atoms with Gasteiger partial charge < -0.3 is 19.7 Å². The number of anilines is 1. The molecule has 0 aliphatic carbocycles. The van der Waals surface area contributed by atoms with Crippen molar-refractivity contribution in [3.8, 4) is 11.5 Å². The number of benzene rings is 3. The highest BCUT2D eigenvalue weighted by Gasteiger charge is 2.35. The minimum absolute atomic E-state index is 0.0189. The Hall–Kier alpha value is -3.47. The maximum absolute atomic E-state index is 14.4. The van der Waals surface area contributed by atoms with Gasteiger partial charge in [-0.15, -0.1) is 0 Å². The normalized spacial score (nSPS) is 12.6. The number of nitrogens with one attached hydrogen (secondary N) is 1. The third kappa shape index (κ3) is 8.37. The van der Waals surface area contributed by atoms with Crippen LogP contribution in [0.4, 0.5) is 5.69 Å². The molecule has 2 amide bonds. The Morgan fingerprint density at radius 2 is 1.61 bits per heavy atom. The Bertz CT molecular complexity index is 1570. The maximum Gasteiger partial charge on any atom is 0.264 e. The quantitative estimate of drug-likeness (QED) is 0.219. The fourth-order valence-corrected chi connectivity index (χ4v) is 6.42. The first kappa shape index (κ1) is 35.0. The Morgan fingerprint density at radius 3 is 2.18 bits per heavy atom. The first-order valence-electron chi connectivity index (χ1n) is 14.2. The lowest BCUT2D eigenvalue weighted by Crippen LogP contribution is -2.53. The van der Waals surface area contributed by atoms with Crippen molar-refractivity contribution in [1.29, 1.82) is 0 Å². The number of rotatable bonds is 14. The third-order valence-electron chi connectivity index (χ3n) is 7.29. The summed E-state index contributed by atoms with van der Waals surface area (Å²) in [4.78, 5) is 29.2. The van der Waals surface area contributed by atoms with E-state index in [0.29, 0.717) is 27.8 Å². The average molecular weight is 665 g/mol. The van der Waals surface area contributed by atoms with E-state index < -0.39 is 28.5 Å². The van der Waals surface area contributed by atoms with Crippen molar-refractivity contribution in [2.24, 2.45) is 0 Å². The molecule has 3 aromatic rings. The molecule has 238 valence electrons. The molecular formula is C32H39Cl2N3O6S. The van der Waals surface area contributed by atoms with Crippen LogP contribution in [0.1, 0.15) is 44.7 Å². The minimum atomic E-state index is -4.31. The van der Waals surface area contributed by atoms with E-state index >= 15 is 0 Å². The summed E-state index contributed by atoms with van der Waals surface area (Å²) in [5.41, 5.74) is 1.52. The SMILES string of the molecule is CC[C@@H](C)NC(=O)[C@@H](CC)N(Cc1ccc(Cl)cc1Cl)C(=O)CN(c1cc(OC)ccc1OC)S(=O)(=O)c1ccc(C)cc1. The van der Waals surface area contributed by atoms with Crippen LogP contribution in [0.3, 0.4) is 0 Å². The summed E-state index contributed by atoms with van der Waals surface area (Å²) in [5.74, 6) is -0.403. The van der Waals surface area contributed by atoms with Crippen LogP contribution < -0.4 is 19.1 Å². The molecule has 2 atom stereocenters. The molecule has 44 heavy (non-hydrogen) atoms. The zero-order valence-corrected chi connectivity index (χ0v) is 28.1. The fraction of sp³-hybridized carbons (Fsp3) is 0.375. The molecule has 9 nitrogen and oxygen atoms in total. The number of halogens is 2. The second-order valence-electron chi connectivity index (χ2n) is 10.4. The van der Waals surface area contributed by atoms with Gasteiger partial charge in [0.15, 0.2) is 0 Å². The van der Waals surface area contributed by atoms with Gasteiger partial charge in [0.2, 0.25) is 11.8 Å². The monoisotopic (exact) mass is 663 g/mol. The van der Waals surface area contributed by atoms with Gasteiger partial charge in [-0.3, -0.25) is 13.9 Å². The van der Waals surface area contributed by atoms with Gasteiger partial charge in [-0.25, -0.2) is 8.42 Å². The van der Waals surface area contributed by atoms with E-state index in [2.05, 4.69) is 5.32 Å². The van der Waals surface area contributed by atoms with E-state index in [9.17, 15) is 18.0 Å². The first-order valence-corrected chi connectivity index (χ1v) is 16.4. The van der Waals surface area contributed by atoms with E-state index in [-0.39, 0.29) is 41.2 Å².